The van der Waals surface area contributed by atoms with Gasteiger partial charge in [-0.2, -0.15) is 0 Å². The Morgan fingerprint density at radius 2 is 2.06 bits per heavy atom. The minimum absolute atomic E-state index is 0.131. The second kappa shape index (κ2) is 5.72. The van der Waals surface area contributed by atoms with Gasteiger partial charge in [-0.1, -0.05) is 32.0 Å². The predicted molar refractivity (Wildman–Crippen MR) is 72.9 cm³/mol. The highest BCUT2D eigenvalue weighted by molar-refractivity contribution is 5.37. The van der Waals surface area contributed by atoms with E-state index >= 15 is 0 Å². The molecule has 0 bridgehead atoms. The summed E-state index contributed by atoms with van der Waals surface area (Å²) in [5.74, 6) is 0.998. The van der Waals surface area contributed by atoms with Crippen molar-refractivity contribution in [3.63, 3.8) is 0 Å². The molecule has 1 heterocycles. The fourth-order valence-electron chi connectivity index (χ4n) is 2.42. The van der Waals surface area contributed by atoms with Crippen LogP contribution >= 0.6 is 0 Å². The first-order valence-corrected chi connectivity index (χ1v) is 6.81. The Balaban J connectivity index is 1.90. The quantitative estimate of drug-likeness (QED) is 0.842. The number of nitrogens with two attached hydrogens (primary N) is 1. The van der Waals surface area contributed by atoms with E-state index in [0.29, 0.717) is 13.2 Å². The summed E-state index contributed by atoms with van der Waals surface area (Å²) in [6.07, 6.45) is 2.95. The van der Waals surface area contributed by atoms with Crippen LogP contribution in [-0.4, -0.2) is 24.9 Å². The Kier molecular flexibility index (Phi) is 4.25. The summed E-state index contributed by atoms with van der Waals surface area (Å²) in [5, 5.41) is 0. The zero-order valence-corrected chi connectivity index (χ0v) is 11.3. The highest BCUT2D eigenvalue weighted by atomic mass is 16.5. The van der Waals surface area contributed by atoms with E-state index in [1.165, 1.54) is 5.56 Å². The number of ether oxygens (including phenoxy) is 2. The molecule has 1 aliphatic rings. The van der Waals surface area contributed by atoms with Crippen molar-refractivity contribution < 1.29 is 9.47 Å². The normalized spacial score (nSPS) is 18.5. The van der Waals surface area contributed by atoms with Crippen LogP contribution in [0.1, 0.15) is 32.3 Å². The van der Waals surface area contributed by atoms with Gasteiger partial charge in [-0.25, -0.2) is 0 Å². The standard InChI is InChI=1S/C15H23NO2/c1-3-15(4-2,11-16)17-10-13-9-12-7-5-6-8-14(12)18-13/h5-8,13H,3-4,9-11,16H2,1-2H3. The lowest BCUT2D eigenvalue weighted by molar-refractivity contribution is -0.0701. The number of rotatable bonds is 6. The molecule has 2 rings (SSSR count). The summed E-state index contributed by atoms with van der Waals surface area (Å²) < 4.78 is 11.9. The van der Waals surface area contributed by atoms with Crippen molar-refractivity contribution in [2.24, 2.45) is 5.73 Å². The first-order valence-electron chi connectivity index (χ1n) is 6.81. The van der Waals surface area contributed by atoms with Crippen LogP contribution in [0.15, 0.2) is 24.3 Å². The molecule has 0 amide bonds. The zero-order valence-electron chi connectivity index (χ0n) is 11.3. The number of hydrogen-bond donors (Lipinski definition) is 1. The van der Waals surface area contributed by atoms with Crippen LogP contribution in [0.4, 0.5) is 0 Å². The van der Waals surface area contributed by atoms with Crippen molar-refractivity contribution in [2.45, 2.75) is 44.8 Å². The predicted octanol–water partition coefficient (Wildman–Crippen LogP) is 2.52. The fraction of sp³-hybridized carbons (Fsp3) is 0.600. The van der Waals surface area contributed by atoms with E-state index in [0.717, 1.165) is 25.0 Å². The van der Waals surface area contributed by atoms with Crippen LogP contribution in [0.25, 0.3) is 0 Å². The monoisotopic (exact) mass is 249 g/mol. The summed E-state index contributed by atoms with van der Waals surface area (Å²) in [7, 11) is 0. The molecule has 0 saturated carbocycles. The average Bonchev–Trinajstić information content (AvgIpc) is 2.84. The first-order chi connectivity index (χ1) is 8.73. The lowest BCUT2D eigenvalue weighted by Gasteiger charge is -2.31. The SMILES string of the molecule is CCC(CC)(CN)OCC1Cc2ccccc2O1. The van der Waals surface area contributed by atoms with Crippen LogP contribution in [0.3, 0.4) is 0 Å². The molecule has 0 aliphatic carbocycles. The van der Waals surface area contributed by atoms with Crippen LogP contribution in [0, 0.1) is 0 Å². The number of para-hydroxylation sites is 1. The van der Waals surface area contributed by atoms with E-state index in [4.69, 9.17) is 15.2 Å². The molecule has 1 atom stereocenters. The molecular formula is C15H23NO2. The van der Waals surface area contributed by atoms with E-state index in [-0.39, 0.29) is 11.7 Å². The zero-order chi connectivity index (χ0) is 13.0. The molecule has 0 aromatic heterocycles. The van der Waals surface area contributed by atoms with Gasteiger partial charge in [-0.3, -0.25) is 0 Å². The number of benzene rings is 1. The number of hydrogen-bond acceptors (Lipinski definition) is 3. The Morgan fingerprint density at radius 3 is 2.67 bits per heavy atom. The molecule has 0 radical (unpaired) electrons. The van der Waals surface area contributed by atoms with Crippen molar-refractivity contribution in [2.75, 3.05) is 13.2 Å². The van der Waals surface area contributed by atoms with Gasteiger partial charge in [0, 0.05) is 13.0 Å². The van der Waals surface area contributed by atoms with E-state index in [9.17, 15) is 0 Å². The van der Waals surface area contributed by atoms with Crippen molar-refractivity contribution in [1.82, 2.24) is 0 Å². The lowest BCUT2D eigenvalue weighted by Crippen LogP contribution is -2.42. The van der Waals surface area contributed by atoms with Gasteiger partial charge < -0.3 is 15.2 Å². The van der Waals surface area contributed by atoms with Crippen LogP contribution in [0.5, 0.6) is 5.75 Å². The molecule has 1 aromatic rings. The molecule has 1 aliphatic heterocycles. The topological polar surface area (TPSA) is 44.5 Å². The molecule has 0 saturated heterocycles. The van der Waals surface area contributed by atoms with Gasteiger partial charge in [0.2, 0.25) is 0 Å². The molecule has 2 N–H and O–H groups in total. The molecule has 100 valence electrons. The second-order valence-corrected chi connectivity index (χ2v) is 4.96. The maximum Gasteiger partial charge on any atom is 0.126 e. The van der Waals surface area contributed by atoms with Gasteiger partial charge in [0.05, 0.1) is 12.2 Å². The third-order valence-electron chi connectivity index (χ3n) is 3.95. The van der Waals surface area contributed by atoms with Gasteiger partial charge >= 0.3 is 0 Å². The van der Waals surface area contributed by atoms with Crippen LogP contribution in [0.2, 0.25) is 0 Å². The van der Waals surface area contributed by atoms with Crippen molar-refractivity contribution in [1.29, 1.82) is 0 Å². The number of fused-ring (bicyclic) bond motifs is 1. The Labute approximate surface area is 109 Å². The summed E-state index contributed by atoms with van der Waals surface area (Å²) in [4.78, 5) is 0. The van der Waals surface area contributed by atoms with Gasteiger partial charge in [-0.05, 0) is 24.5 Å². The summed E-state index contributed by atoms with van der Waals surface area (Å²) >= 11 is 0. The lowest BCUT2D eigenvalue weighted by atomic mass is 9.97. The Bertz CT molecular complexity index is 355. The summed E-state index contributed by atoms with van der Waals surface area (Å²) in [6, 6.07) is 8.19. The molecule has 0 spiro atoms. The highest BCUT2D eigenvalue weighted by Gasteiger charge is 2.29. The maximum absolute atomic E-state index is 6.04. The van der Waals surface area contributed by atoms with Crippen LogP contribution < -0.4 is 10.5 Å². The third-order valence-corrected chi connectivity index (χ3v) is 3.95. The van der Waals surface area contributed by atoms with Crippen molar-refractivity contribution in [3.05, 3.63) is 29.8 Å². The first kappa shape index (κ1) is 13.4. The minimum atomic E-state index is -0.182. The third kappa shape index (κ3) is 2.68. The highest BCUT2D eigenvalue weighted by Crippen LogP contribution is 2.29. The van der Waals surface area contributed by atoms with Gasteiger partial charge in [0.25, 0.3) is 0 Å². The van der Waals surface area contributed by atoms with E-state index in [1.54, 1.807) is 0 Å². The largest absolute Gasteiger partial charge is 0.487 e. The molecule has 0 fully saturated rings. The smallest absolute Gasteiger partial charge is 0.126 e. The molecule has 1 unspecified atom stereocenters. The van der Waals surface area contributed by atoms with Crippen LogP contribution in [-0.2, 0) is 11.2 Å². The Morgan fingerprint density at radius 1 is 1.33 bits per heavy atom. The second-order valence-electron chi connectivity index (χ2n) is 4.96. The van der Waals surface area contributed by atoms with Crippen molar-refractivity contribution in [3.8, 4) is 5.75 Å². The summed E-state index contributed by atoms with van der Waals surface area (Å²) in [6.45, 7) is 5.44. The van der Waals surface area contributed by atoms with E-state index in [1.807, 2.05) is 18.2 Å². The molecule has 1 aromatic carbocycles. The maximum atomic E-state index is 6.04. The van der Waals surface area contributed by atoms with E-state index < -0.39 is 0 Å². The molecule has 18 heavy (non-hydrogen) atoms. The fourth-order valence-corrected chi connectivity index (χ4v) is 2.42. The molecule has 3 heteroatoms. The Hall–Kier alpha value is -1.06. The average molecular weight is 249 g/mol. The van der Waals surface area contributed by atoms with Gasteiger partial charge in [0.15, 0.2) is 0 Å². The van der Waals surface area contributed by atoms with Gasteiger partial charge in [0.1, 0.15) is 11.9 Å². The van der Waals surface area contributed by atoms with Gasteiger partial charge in [-0.15, -0.1) is 0 Å². The minimum Gasteiger partial charge on any atom is -0.487 e. The summed E-state index contributed by atoms with van der Waals surface area (Å²) in [5.41, 5.74) is 6.92. The molecular weight excluding hydrogens is 226 g/mol. The van der Waals surface area contributed by atoms with E-state index in [2.05, 4.69) is 19.9 Å². The molecule has 3 nitrogen and oxygen atoms in total. The van der Waals surface area contributed by atoms with Crippen molar-refractivity contribution >= 4 is 0 Å².